The molecule has 1 saturated heterocycles. The molecule has 0 aliphatic carbocycles. The lowest BCUT2D eigenvalue weighted by atomic mass is 9.86. The lowest BCUT2D eigenvalue weighted by Crippen LogP contribution is -2.44. The van der Waals surface area contributed by atoms with Crippen LogP contribution in [0.15, 0.2) is 72.9 Å². The number of rotatable bonds is 8. The van der Waals surface area contributed by atoms with Crippen LogP contribution in [0.25, 0.3) is 10.8 Å². The molecule has 1 N–H and O–H groups in total. The van der Waals surface area contributed by atoms with Gasteiger partial charge in [-0.05, 0) is 60.7 Å². The number of nitrogens with zero attached hydrogens (tertiary/aromatic N) is 4. The summed E-state index contributed by atoms with van der Waals surface area (Å²) in [6.07, 6.45) is 3.77. The summed E-state index contributed by atoms with van der Waals surface area (Å²) >= 11 is 0. The smallest absolute Gasteiger partial charge is 0.327 e. The summed E-state index contributed by atoms with van der Waals surface area (Å²) in [6.45, 7) is 4.57. The Balaban J connectivity index is 1.28. The first kappa shape index (κ1) is 24.3. The maximum absolute atomic E-state index is 13.8. The predicted octanol–water partition coefficient (Wildman–Crippen LogP) is 5.16. The van der Waals surface area contributed by atoms with Crippen molar-refractivity contribution in [3.63, 3.8) is 0 Å². The zero-order valence-electron chi connectivity index (χ0n) is 21.1. The molecule has 1 aromatic heterocycles. The number of carbonyl (C=O) groups is 2. The molecule has 186 valence electrons. The molecular formula is C30H29N5O2. The van der Waals surface area contributed by atoms with Crippen molar-refractivity contribution in [3.05, 3.63) is 101 Å². The van der Waals surface area contributed by atoms with Gasteiger partial charge in [0, 0.05) is 31.4 Å². The van der Waals surface area contributed by atoms with Crippen LogP contribution in [-0.2, 0) is 23.2 Å². The fraction of sp³-hybridized carbons (Fsp3) is 0.267. The molecule has 1 atom stereocenters. The maximum Gasteiger partial charge on any atom is 0.327 e. The molecule has 37 heavy (non-hydrogen) atoms. The van der Waals surface area contributed by atoms with E-state index >= 15 is 0 Å². The molecule has 2 heterocycles. The summed E-state index contributed by atoms with van der Waals surface area (Å²) in [6, 6.07) is 23.3. The normalized spacial score (nSPS) is 17.5. The van der Waals surface area contributed by atoms with E-state index in [1.807, 2.05) is 74.6 Å². The van der Waals surface area contributed by atoms with Gasteiger partial charge in [0.15, 0.2) is 0 Å². The molecule has 1 aliphatic heterocycles. The topological polar surface area (TPSA) is 93.1 Å². The Morgan fingerprint density at radius 2 is 1.78 bits per heavy atom. The lowest BCUT2D eigenvalue weighted by Gasteiger charge is -2.32. The van der Waals surface area contributed by atoms with Gasteiger partial charge in [-0.25, -0.2) is 9.78 Å². The van der Waals surface area contributed by atoms with E-state index in [1.54, 1.807) is 17.0 Å². The molecule has 0 radical (unpaired) electrons. The molecule has 0 saturated carbocycles. The average Bonchev–Trinajstić information content (AvgIpc) is 3.44. The molecule has 1 unspecified atom stereocenters. The monoisotopic (exact) mass is 491 g/mol. The van der Waals surface area contributed by atoms with Crippen molar-refractivity contribution >= 4 is 22.7 Å². The van der Waals surface area contributed by atoms with Crippen LogP contribution >= 0.6 is 0 Å². The molecule has 4 aromatic rings. The zero-order valence-corrected chi connectivity index (χ0v) is 21.1. The number of nitrogens with one attached hydrogen (secondary N) is 1. The minimum atomic E-state index is -1.05. The highest BCUT2D eigenvalue weighted by atomic mass is 16.2. The second-order valence-electron chi connectivity index (χ2n) is 9.53. The number of amides is 3. The average molecular weight is 492 g/mol. The molecule has 5 rings (SSSR count). The van der Waals surface area contributed by atoms with Gasteiger partial charge in [0.1, 0.15) is 11.4 Å². The van der Waals surface area contributed by atoms with Gasteiger partial charge < -0.3 is 9.88 Å². The van der Waals surface area contributed by atoms with Crippen molar-refractivity contribution < 1.29 is 9.59 Å². The number of hydrogen-bond donors (Lipinski definition) is 1. The molecule has 0 spiro atoms. The van der Waals surface area contributed by atoms with Gasteiger partial charge in [-0.2, -0.15) is 5.26 Å². The van der Waals surface area contributed by atoms with E-state index in [1.165, 1.54) is 4.90 Å². The van der Waals surface area contributed by atoms with Crippen LogP contribution < -0.4 is 0 Å². The number of carbonyl (C=O) groups excluding carboxylic acids is 2. The largest absolute Gasteiger partial charge is 0.346 e. The molecule has 1 aliphatic rings. The maximum atomic E-state index is 13.8. The van der Waals surface area contributed by atoms with Gasteiger partial charge in [-0.3, -0.25) is 9.69 Å². The Labute approximate surface area is 216 Å². The molecule has 3 aromatic carbocycles. The van der Waals surface area contributed by atoms with Crippen LogP contribution in [0.3, 0.4) is 0 Å². The van der Waals surface area contributed by atoms with Crippen molar-refractivity contribution in [3.8, 4) is 6.07 Å². The number of imidazole rings is 1. The molecule has 0 bridgehead atoms. The van der Waals surface area contributed by atoms with Gasteiger partial charge in [0.25, 0.3) is 5.91 Å². The van der Waals surface area contributed by atoms with Crippen molar-refractivity contribution in [1.29, 1.82) is 5.26 Å². The predicted molar refractivity (Wildman–Crippen MR) is 142 cm³/mol. The molecule has 7 nitrogen and oxygen atoms in total. The second kappa shape index (κ2) is 9.90. The number of aromatic amines is 1. The van der Waals surface area contributed by atoms with Crippen LogP contribution in [0.2, 0.25) is 0 Å². The summed E-state index contributed by atoms with van der Waals surface area (Å²) in [7, 11) is 0. The summed E-state index contributed by atoms with van der Waals surface area (Å²) in [5.41, 5.74) is 2.48. The molecule has 7 heteroatoms. The number of imide groups is 1. The minimum absolute atomic E-state index is 0.179. The van der Waals surface area contributed by atoms with E-state index in [0.29, 0.717) is 37.9 Å². The number of hydrogen-bond acceptors (Lipinski definition) is 4. The van der Waals surface area contributed by atoms with E-state index in [0.717, 1.165) is 33.4 Å². The van der Waals surface area contributed by atoms with Crippen LogP contribution in [0.5, 0.6) is 0 Å². The standard InChI is InChI=1S/C30H29N5O2/c1-3-35-29(37)34(28(36)30(35,2)26-12-6-9-23-8-4-5-11-25(23)26)17-7-10-24-20-32-27(33-24)18-21-13-15-22(19-31)16-14-21/h4-6,8-9,11-16,20H,3,7,10,17-18H2,1-2H3,(H,32,33). The van der Waals surface area contributed by atoms with E-state index in [4.69, 9.17) is 5.26 Å². The van der Waals surface area contributed by atoms with Crippen LogP contribution in [0.1, 0.15) is 48.5 Å². The van der Waals surface area contributed by atoms with Gasteiger partial charge in [0.2, 0.25) is 0 Å². The van der Waals surface area contributed by atoms with Gasteiger partial charge >= 0.3 is 6.03 Å². The number of H-pyrrole nitrogens is 1. The van der Waals surface area contributed by atoms with Gasteiger partial charge in [-0.15, -0.1) is 0 Å². The number of likely N-dealkylation sites (N-methyl/N-ethyl adjacent to an activating group) is 1. The Bertz CT molecular complexity index is 1500. The first-order chi connectivity index (χ1) is 18.0. The highest BCUT2D eigenvalue weighted by Gasteiger charge is 2.54. The Morgan fingerprint density at radius 3 is 2.54 bits per heavy atom. The van der Waals surface area contributed by atoms with Gasteiger partial charge in [0.05, 0.1) is 11.6 Å². The second-order valence-corrected chi connectivity index (χ2v) is 9.53. The quantitative estimate of drug-likeness (QED) is 0.345. The molecule has 3 amide bonds. The molecular weight excluding hydrogens is 462 g/mol. The Hall–Kier alpha value is -4.44. The fourth-order valence-corrected chi connectivity index (χ4v) is 5.30. The first-order valence-corrected chi connectivity index (χ1v) is 12.6. The fourth-order valence-electron chi connectivity index (χ4n) is 5.30. The first-order valence-electron chi connectivity index (χ1n) is 12.6. The minimum Gasteiger partial charge on any atom is -0.346 e. The van der Waals surface area contributed by atoms with Crippen molar-refractivity contribution in [2.45, 2.75) is 38.6 Å². The molecule has 1 fully saturated rings. The van der Waals surface area contributed by atoms with Crippen LogP contribution in [0.4, 0.5) is 4.79 Å². The van der Waals surface area contributed by atoms with Crippen molar-refractivity contribution in [1.82, 2.24) is 19.8 Å². The number of nitriles is 1. The summed E-state index contributed by atoms with van der Waals surface area (Å²) in [5.74, 6) is 0.663. The van der Waals surface area contributed by atoms with E-state index < -0.39 is 5.54 Å². The lowest BCUT2D eigenvalue weighted by molar-refractivity contribution is -0.133. The van der Waals surface area contributed by atoms with Crippen molar-refractivity contribution in [2.24, 2.45) is 0 Å². The summed E-state index contributed by atoms with van der Waals surface area (Å²) in [4.78, 5) is 38.0. The third-order valence-corrected chi connectivity index (χ3v) is 7.26. The zero-order chi connectivity index (χ0) is 26.0. The number of aromatic nitrogens is 2. The summed E-state index contributed by atoms with van der Waals surface area (Å²) < 4.78 is 0. The SMILES string of the molecule is CCN1C(=O)N(CCCc2cnc(Cc3ccc(C#N)cc3)[nH]2)C(=O)C1(C)c1cccc2ccccc12. The van der Waals surface area contributed by atoms with E-state index in [9.17, 15) is 9.59 Å². The third-order valence-electron chi connectivity index (χ3n) is 7.26. The van der Waals surface area contributed by atoms with Crippen molar-refractivity contribution in [2.75, 3.05) is 13.1 Å². The van der Waals surface area contributed by atoms with Crippen LogP contribution in [-0.4, -0.2) is 44.8 Å². The number of fused-ring (bicyclic) bond motifs is 1. The Morgan fingerprint density at radius 1 is 1.03 bits per heavy atom. The third kappa shape index (κ3) is 4.36. The summed E-state index contributed by atoms with van der Waals surface area (Å²) in [5, 5.41) is 11.0. The van der Waals surface area contributed by atoms with E-state index in [2.05, 4.69) is 16.0 Å². The highest BCUT2D eigenvalue weighted by Crippen LogP contribution is 2.40. The highest BCUT2D eigenvalue weighted by molar-refractivity contribution is 6.09. The number of aryl methyl sites for hydroxylation is 1. The van der Waals surface area contributed by atoms with E-state index in [-0.39, 0.29) is 11.9 Å². The van der Waals surface area contributed by atoms with Crippen LogP contribution in [0, 0.1) is 11.3 Å². The number of benzene rings is 3. The van der Waals surface area contributed by atoms with Gasteiger partial charge in [-0.1, -0.05) is 54.6 Å². The Kier molecular flexibility index (Phi) is 6.49. The number of urea groups is 1.